The lowest BCUT2D eigenvalue weighted by Gasteiger charge is -2.40. The van der Waals surface area contributed by atoms with Crippen molar-refractivity contribution in [2.75, 3.05) is 39.4 Å². The number of rotatable bonds is 1. The Hall–Kier alpha value is -1.66. The third kappa shape index (κ3) is 2.94. The van der Waals surface area contributed by atoms with Gasteiger partial charge in [-0.1, -0.05) is 6.07 Å². The van der Waals surface area contributed by atoms with Gasteiger partial charge in [-0.25, -0.2) is 4.79 Å². The van der Waals surface area contributed by atoms with Crippen LogP contribution in [0.1, 0.15) is 24.1 Å². The zero-order chi connectivity index (χ0) is 15.6. The first kappa shape index (κ1) is 15.2. The molecule has 1 aromatic rings. The van der Waals surface area contributed by atoms with Crippen LogP contribution in [0.25, 0.3) is 0 Å². The smallest absolute Gasteiger partial charge is 0.320 e. The van der Waals surface area contributed by atoms with Crippen LogP contribution in [-0.4, -0.2) is 65.3 Å². The number of aryl methyl sites for hydroxylation is 1. The monoisotopic (exact) mass is 305 g/mol. The maximum Gasteiger partial charge on any atom is 0.320 e. The van der Waals surface area contributed by atoms with Gasteiger partial charge in [-0.2, -0.15) is 0 Å². The molecule has 0 radical (unpaired) electrons. The van der Waals surface area contributed by atoms with E-state index in [0.717, 1.165) is 11.3 Å². The fraction of sp³-hybridized carbons (Fsp3) is 0.625. The lowest BCUT2D eigenvalue weighted by Crippen LogP contribution is -2.52. The van der Waals surface area contributed by atoms with Crippen molar-refractivity contribution in [3.63, 3.8) is 0 Å². The number of piperidine rings is 1. The minimum Gasteiger partial charge on any atom is -0.383 e. The van der Waals surface area contributed by atoms with Crippen molar-refractivity contribution in [3.8, 4) is 0 Å². The van der Waals surface area contributed by atoms with Crippen LogP contribution in [0.15, 0.2) is 18.3 Å². The number of carbonyl (C=O) groups is 1. The summed E-state index contributed by atoms with van der Waals surface area (Å²) in [6.07, 6.45) is 2.77. The van der Waals surface area contributed by atoms with Crippen LogP contribution in [0.4, 0.5) is 4.79 Å². The molecule has 2 aliphatic rings. The molecule has 2 amide bonds. The highest BCUT2D eigenvalue weighted by Gasteiger charge is 2.38. The summed E-state index contributed by atoms with van der Waals surface area (Å²) in [7, 11) is 0. The van der Waals surface area contributed by atoms with Gasteiger partial charge in [0, 0.05) is 32.4 Å². The Bertz CT molecular complexity index is 535. The Morgan fingerprint density at radius 3 is 2.50 bits per heavy atom. The largest absolute Gasteiger partial charge is 0.383 e. The number of carbonyl (C=O) groups excluding carboxylic acids is 1. The minimum absolute atomic E-state index is 0.0584. The third-order valence-corrected chi connectivity index (χ3v) is 4.59. The van der Waals surface area contributed by atoms with Gasteiger partial charge in [0.25, 0.3) is 0 Å². The number of aromatic nitrogens is 1. The average molecular weight is 305 g/mol. The second-order valence-corrected chi connectivity index (χ2v) is 6.07. The summed E-state index contributed by atoms with van der Waals surface area (Å²) in [6, 6.07) is 3.90. The Labute approximate surface area is 130 Å². The van der Waals surface area contributed by atoms with Crippen molar-refractivity contribution in [1.82, 2.24) is 14.8 Å². The van der Waals surface area contributed by atoms with Gasteiger partial charge in [0.05, 0.1) is 18.9 Å². The summed E-state index contributed by atoms with van der Waals surface area (Å²) in [5, 5.41) is 10.9. The number of likely N-dealkylation sites (tertiary alicyclic amines) is 1. The van der Waals surface area contributed by atoms with Crippen LogP contribution >= 0.6 is 0 Å². The number of pyridine rings is 1. The van der Waals surface area contributed by atoms with Crippen LogP contribution in [0.3, 0.4) is 0 Å². The zero-order valence-corrected chi connectivity index (χ0v) is 13.0. The van der Waals surface area contributed by atoms with E-state index in [4.69, 9.17) is 4.74 Å². The normalized spacial score (nSPS) is 21.7. The fourth-order valence-electron chi connectivity index (χ4n) is 3.23. The number of nitrogens with zero attached hydrogens (tertiary/aromatic N) is 3. The summed E-state index contributed by atoms with van der Waals surface area (Å²) in [6.45, 7) is 5.60. The number of hydrogen-bond acceptors (Lipinski definition) is 4. The van der Waals surface area contributed by atoms with Gasteiger partial charge in [-0.05, 0) is 31.4 Å². The van der Waals surface area contributed by atoms with Crippen LogP contribution in [0.2, 0.25) is 0 Å². The number of ether oxygens (including phenoxy) is 1. The Morgan fingerprint density at radius 1 is 1.23 bits per heavy atom. The van der Waals surface area contributed by atoms with Crippen molar-refractivity contribution >= 4 is 6.03 Å². The van der Waals surface area contributed by atoms with Crippen molar-refractivity contribution in [2.24, 2.45) is 0 Å². The number of amides is 2. The molecule has 0 atom stereocenters. The molecule has 3 rings (SSSR count). The van der Waals surface area contributed by atoms with Crippen molar-refractivity contribution in [2.45, 2.75) is 25.4 Å². The fourth-order valence-corrected chi connectivity index (χ4v) is 3.23. The topological polar surface area (TPSA) is 65.9 Å². The van der Waals surface area contributed by atoms with E-state index in [2.05, 4.69) is 4.98 Å². The van der Waals surface area contributed by atoms with Crippen LogP contribution < -0.4 is 0 Å². The van der Waals surface area contributed by atoms with E-state index in [9.17, 15) is 9.90 Å². The summed E-state index contributed by atoms with van der Waals surface area (Å²) in [5.41, 5.74) is 0.819. The molecule has 0 spiro atoms. The van der Waals surface area contributed by atoms with Gasteiger partial charge in [0.15, 0.2) is 0 Å². The molecule has 1 N–H and O–H groups in total. The molecule has 2 saturated heterocycles. The summed E-state index contributed by atoms with van der Waals surface area (Å²) < 4.78 is 5.28. The van der Waals surface area contributed by atoms with E-state index in [1.54, 1.807) is 6.20 Å². The Morgan fingerprint density at radius 2 is 1.86 bits per heavy atom. The lowest BCUT2D eigenvalue weighted by atomic mass is 9.86. The summed E-state index contributed by atoms with van der Waals surface area (Å²) in [4.78, 5) is 20.5. The van der Waals surface area contributed by atoms with Gasteiger partial charge in [0.2, 0.25) is 0 Å². The summed E-state index contributed by atoms with van der Waals surface area (Å²) >= 11 is 0. The van der Waals surface area contributed by atoms with Gasteiger partial charge in [0.1, 0.15) is 5.60 Å². The molecule has 2 aliphatic heterocycles. The Kier molecular flexibility index (Phi) is 4.31. The highest BCUT2D eigenvalue weighted by molar-refractivity contribution is 5.74. The van der Waals surface area contributed by atoms with Crippen LogP contribution in [-0.2, 0) is 10.3 Å². The van der Waals surface area contributed by atoms with Crippen LogP contribution in [0.5, 0.6) is 0 Å². The molecular weight excluding hydrogens is 282 g/mol. The SMILES string of the molecule is Cc1cccnc1C1(O)CCN(C(=O)N2CCOCC2)CC1. The van der Waals surface area contributed by atoms with E-state index in [0.29, 0.717) is 52.2 Å². The molecule has 2 fully saturated rings. The second kappa shape index (κ2) is 6.22. The number of morpholine rings is 1. The van der Waals surface area contributed by atoms with Gasteiger partial charge < -0.3 is 19.6 Å². The molecule has 6 nitrogen and oxygen atoms in total. The predicted molar refractivity (Wildman–Crippen MR) is 81.5 cm³/mol. The van der Waals surface area contributed by atoms with Gasteiger partial charge in [-0.15, -0.1) is 0 Å². The molecule has 0 aliphatic carbocycles. The molecule has 0 bridgehead atoms. The molecule has 1 aromatic heterocycles. The lowest BCUT2D eigenvalue weighted by molar-refractivity contribution is -0.0273. The maximum absolute atomic E-state index is 12.5. The molecular formula is C16H23N3O3. The van der Waals surface area contributed by atoms with Gasteiger partial charge >= 0.3 is 6.03 Å². The van der Waals surface area contributed by atoms with Gasteiger partial charge in [-0.3, -0.25) is 4.98 Å². The first-order valence-electron chi connectivity index (χ1n) is 7.86. The van der Waals surface area contributed by atoms with E-state index >= 15 is 0 Å². The molecule has 120 valence electrons. The van der Waals surface area contributed by atoms with Crippen molar-refractivity contribution < 1.29 is 14.6 Å². The number of aliphatic hydroxyl groups is 1. The zero-order valence-electron chi connectivity index (χ0n) is 13.0. The van der Waals surface area contributed by atoms with E-state index in [-0.39, 0.29) is 6.03 Å². The second-order valence-electron chi connectivity index (χ2n) is 6.07. The van der Waals surface area contributed by atoms with Crippen LogP contribution in [0, 0.1) is 6.92 Å². The highest BCUT2D eigenvalue weighted by atomic mass is 16.5. The average Bonchev–Trinajstić information content (AvgIpc) is 2.56. The minimum atomic E-state index is -0.923. The number of urea groups is 1. The van der Waals surface area contributed by atoms with Crippen molar-refractivity contribution in [3.05, 3.63) is 29.6 Å². The molecule has 22 heavy (non-hydrogen) atoms. The first-order valence-corrected chi connectivity index (χ1v) is 7.86. The van der Waals surface area contributed by atoms with E-state index in [1.807, 2.05) is 28.9 Å². The third-order valence-electron chi connectivity index (χ3n) is 4.59. The van der Waals surface area contributed by atoms with E-state index in [1.165, 1.54) is 0 Å². The van der Waals surface area contributed by atoms with Crippen molar-refractivity contribution in [1.29, 1.82) is 0 Å². The standard InChI is InChI=1S/C16H23N3O3/c1-13-3-2-6-17-14(13)16(21)4-7-18(8-5-16)15(20)19-9-11-22-12-10-19/h2-3,6,21H,4-5,7-12H2,1H3. The number of hydrogen-bond donors (Lipinski definition) is 1. The molecule has 0 unspecified atom stereocenters. The highest BCUT2D eigenvalue weighted by Crippen LogP contribution is 2.33. The maximum atomic E-state index is 12.5. The predicted octanol–water partition coefficient (Wildman–Crippen LogP) is 1.13. The van der Waals surface area contributed by atoms with E-state index < -0.39 is 5.60 Å². The first-order chi connectivity index (χ1) is 10.6. The molecule has 6 heteroatoms. The Balaban J connectivity index is 1.64. The molecule has 0 aromatic carbocycles. The quantitative estimate of drug-likeness (QED) is 0.844. The molecule has 3 heterocycles. The summed E-state index contributed by atoms with van der Waals surface area (Å²) in [5.74, 6) is 0. The molecule has 0 saturated carbocycles.